The molecule has 0 bridgehead atoms. The van der Waals surface area contributed by atoms with Gasteiger partial charge in [-0.05, 0) is 59.6 Å². The average Bonchev–Trinajstić information content (AvgIpc) is 2.69. The molecule has 0 radical (unpaired) electrons. The van der Waals surface area contributed by atoms with Gasteiger partial charge in [-0.2, -0.15) is 0 Å². The molecule has 0 heterocycles. The zero-order chi connectivity index (χ0) is 20.1. The lowest BCUT2D eigenvalue weighted by Crippen LogP contribution is -2.36. The van der Waals surface area contributed by atoms with Gasteiger partial charge in [0.05, 0.1) is 13.7 Å². The van der Waals surface area contributed by atoms with Gasteiger partial charge in [0, 0.05) is 20.1 Å². The Balaban J connectivity index is 1.60. The number of likely N-dealkylation sites (N-methyl/N-ethyl adjacent to an activating group) is 2. The SMILES string of the molecule is COc1ccc2cc(CN(C)CC(=O)N(C)Cc3ccccc3C)ccc2c1. The Morgan fingerprint density at radius 1 is 0.929 bits per heavy atom. The fourth-order valence-electron chi connectivity index (χ4n) is 3.35. The summed E-state index contributed by atoms with van der Waals surface area (Å²) in [5.74, 6) is 0.982. The Morgan fingerprint density at radius 3 is 2.39 bits per heavy atom. The molecule has 4 heteroatoms. The van der Waals surface area contributed by atoms with Crippen molar-refractivity contribution < 1.29 is 9.53 Å². The number of fused-ring (bicyclic) bond motifs is 1. The number of nitrogens with zero attached hydrogens (tertiary/aromatic N) is 2. The van der Waals surface area contributed by atoms with E-state index in [4.69, 9.17) is 4.74 Å². The maximum absolute atomic E-state index is 12.6. The van der Waals surface area contributed by atoms with Gasteiger partial charge >= 0.3 is 0 Å². The fraction of sp³-hybridized carbons (Fsp3) is 0.292. The van der Waals surface area contributed by atoms with Crippen LogP contribution in [0.15, 0.2) is 60.7 Å². The molecule has 0 fully saturated rings. The number of hydrogen-bond donors (Lipinski definition) is 0. The minimum absolute atomic E-state index is 0.122. The minimum atomic E-state index is 0.122. The molecule has 0 aliphatic rings. The third-order valence-electron chi connectivity index (χ3n) is 5.06. The quantitative estimate of drug-likeness (QED) is 0.618. The van der Waals surface area contributed by atoms with Crippen molar-refractivity contribution in [3.05, 3.63) is 77.4 Å². The molecule has 0 saturated heterocycles. The summed E-state index contributed by atoms with van der Waals surface area (Å²) in [5.41, 5.74) is 3.59. The van der Waals surface area contributed by atoms with Gasteiger partial charge in [0.2, 0.25) is 5.91 Å². The van der Waals surface area contributed by atoms with Crippen LogP contribution in [0.3, 0.4) is 0 Å². The molecule has 3 rings (SSSR count). The maximum Gasteiger partial charge on any atom is 0.236 e. The second-order valence-electron chi connectivity index (χ2n) is 7.40. The summed E-state index contributed by atoms with van der Waals surface area (Å²) in [6.07, 6.45) is 0. The number of ether oxygens (including phenoxy) is 1. The highest BCUT2D eigenvalue weighted by atomic mass is 16.5. The smallest absolute Gasteiger partial charge is 0.236 e. The Bertz CT molecular complexity index is 968. The zero-order valence-electron chi connectivity index (χ0n) is 17.1. The largest absolute Gasteiger partial charge is 0.497 e. The first kappa shape index (κ1) is 19.9. The lowest BCUT2D eigenvalue weighted by molar-refractivity contribution is -0.131. The standard InChI is InChI=1S/C24H28N2O2/c1-18-7-5-6-8-22(18)16-26(3)24(27)17-25(2)15-19-9-10-21-14-23(28-4)12-11-20(21)13-19/h5-14H,15-17H2,1-4H3. The van der Waals surface area contributed by atoms with E-state index in [2.05, 4.69) is 48.2 Å². The number of benzene rings is 3. The van der Waals surface area contributed by atoms with Crippen LogP contribution in [-0.2, 0) is 17.9 Å². The van der Waals surface area contributed by atoms with E-state index in [1.165, 1.54) is 22.1 Å². The van der Waals surface area contributed by atoms with Crippen LogP contribution in [-0.4, -0.2) is 43.5 Å². The summed E-state index contributed by atoms with van der Waals surface area (Å²) in [4.78, 5) is 16.5. The van der Waals surface area contributed by atoms with E-state index in [1.807, 2.05) is 38.4 Å². The fourth-order valence-corrected chi connectivity index (χ4v) is 3.35. The predicted octanol–water partition coefficient (Wildman–Crippen LogP) is 4.25. The molecule has 0 spiro atoms. The van der Waals surface area contributed by atoms with Crippen molar-refractivity contribution in [1.82, 2.24) is 9.80 Å². The molecule has 0 aliphatic heterocycles. The summed E-state index contributed by atoms with van der Waals surface area (Å²) >= 11 is 0. The number of carbonyl (C=O) groups excluding carboxylic acids is 1. The molecule has 1 amide bonds. The van der Waals surface area contributed by atoms with E-state index in [-0.39, 0.29) is 5.91 Å². The van der Waals surface area contributed by atoms with E-state index >= 15 is 0 Å². The highest BCUT2D eigenvalue weighted by molar-refractivity contribution is 5.84. The number of rotatable bonds is 7. The molecular weight excluding hydrogens is 348 g/mol. The first-order valence-electron chi connectivity index (χ1n) is 9.50. The minimum Gasteiger partial charge on any atom is -0.497 e. The van der Waals surface area contributed by atoms with Crippen LogP contribution in [0.1, 0.15) is 16.7 Å². The van der Waals surface area contributed by atoms with Crippen LogP contribution in [0, 0.1) is 6.92 Å². The van der Waals surface area contributed by atoms with E-state index in [1.54, 1.807) is 12.0 Å². The van der Waals surface area contributed by atoms with Gasteiger partial charge in [0.15, 0.2) is 0 Å². The van der Waals surface area contributed by atoms with Gasteiger partial charge in [-0.1, -0.05) is 42.5 Å². The average molecular weight is 377 g/mol. The number of methoxy groups -OCH3 is 1. The van der Waals surface area contributed by atoms with Crippen molar-refractivity contribution >= 4 is 16.7 Å². The first-order valence-corrected chi connectivity index (χ1v) is 9.50. The maximum atomic E-state index is 12.6. The second kappa shape index (κ2) is 8.89. The van der Waals surface area contributed by atoms with E-state index in [0.717, 1.165) is 17.7 Å². The first-order chi connectivity index (χ1) is 13.5. The van der Waals surface area contributed by atoms with Gasteiger partial charge in [-0.3, -0.25) is 9.69 Å². The predicted molar refractivity (Wildman–Crippen MR) is 114 cm³/mol. The van der Waals surface area contributed by atoms with Crippen LogP contribution in [0.5, 0.6) is 5.75 Å². The Morgan fingerprint density at radius 2 is 1.64 bits per heavy atom. The summed E-state index contributed by atoms with van der Waals surface area (Å²) in [6, 6.07) is 20.7. The molecule has 146 valence electrons. The molecular formula is C24H28N2O2. The molecule has 0 aromatic heterocycles. The molecule has 0 saturated carbocycles. The normalized spacial score (nSPS) is 11.0. The summed E-state index contributed by atoms with van der Waals surface area (Å²) in [5, 5.41) is 2.33. The van der Waals surface area contributed by atoms with Crippen LogP contribution in [0.4, 0.5) is 0 Å². The van der Waals surface area contributed by atoms with Crippen molar-refractivity contribution in [2.75, 3.05) is 27.7 Å². The zero-order valence-corrected chi connectivity index (χ0v) is 17.1. The molecule has 0 aliphatic carbocycles. The van der Waals surface area contributed by atoms with Crippen LogP contribution in [0.2, 0.25) is 0 Å². The molecule has 0 unspecified atom stereocenters. The molecule has 0 atom stereocenters. The Hall–Kier alpha value is -2.85. The molecule has 0 N–H and O–H groups in total. The van der Waals surface area contributed by atoms with Gasteiger partial charge in [-0.25, -0.2) is 0 Å². The van der Waals surface area contributed by atoms with Gasteiger partial charge in [0.25, 0.3) is 0 Å². The number of aryl methyl sites for hydroxylation is 1. The van der Waals surface area contributed by atoms with Crippen molar-refractivity contribution in [3.63, 3.8) is 0 Å². The molecule has 3 aromatic carbocycles. The summed E-state index contributed by atoms with van der Waals surface area (Å²) in [6.45, 7) is 3.83. The topological polar surface area (TPSA) is 32.8 Å². The van der Waals surface area contributed by atoms with Crippen LogP contribution >= 0.6 is 0 Å². The monoisotopic (exact) mass is 376 g/mol. The molecule has 28 heavy (non-hydrogen) atoms. The lowest BCUT2D eigenvalue weighted by atomic mass is 10.1. The van der Waals surface area contributed by atoms with Gasteiger partial charge in [0.1, 0.15) is 5.75 Å². The highest BCUT2D eigenvalue weighted by Gasteiger charge is 2.13. The van der Waals surface area contributed by atoms with Gasteiger partial charge < -0.3 is 9.64 Å². The van der Waals surface area contributed by atoms with Gasteiger partial charge in [-0.15, -0.1) is 0 Å². The van der Waals surface area contributed by atoms with Crippen LogP contribution < -0.4 is 4.74 Å². The summed E-state index contributed by atoms with van der Waals surface area (Å²) < 4.78 is 5.28. The van der Waals surface area contributed by atoms with Crippen molar-refractivity contribution in [1.29, 1.82) is 0 Å². The highest BCUT2D eigenvalue weighted by Crippen LogP contribution is 2.22. The molecule has 4 nitrogen and oxygen atoms in total. The number of hydrogen-bond acceptors (Lipinski definition) is 3. The van der Waals surface area contributed by atoms with Crippen molar-refractivity contribution in [2.24, 2.45) is 0 Å². The molecule has 3 aromatic rings. The Labute approximate surface area is 167 Å². The van der Waals surface area contributed by atoms with E-state index < -0.39 is 0 Å². The Kier molecular flexibility index (Phi) is 6.32. The number of carbonyl (C=O) groups is 1. The van der Waals surface area contributed by atoms with Crippen molar-refractivity contribution in [2.45, 2.75) is 20.0 Å². The van der Waals surface area contributed by atoms with Crippen molar-refractivity contribution in [3.8, 4) is 5.75 Å². The third kappa shape index (κ3) is 4.90. The van der Waals surface area contributed by atoms with Crippen LogP contribution in [0.25, 0.3) is 10.8 Å². The lowest BCUT2D eigenvalue weighted by Gasteiger charge is -2.23. The van der Waals surface area contributed by atoms with E-state index in [9.17, 15) is 4.79 Å². The summed E-state index contributed by atoms with van der Waals surface area (Å²) in [7, 11) is 5.53. The van der Waals surface area contributed by atoms with E-state index in [0.29, 0.717) is 13.1 Å². The second-order valence-corrected chi connectivity index (χ2v) is 7.40. The number of amides is 1. The third-order valence-corrected chi connectivity index (χ3v) is 5.06.